The molecule has 1 fully saturated rings. The minimum Gasteiger partial charge on any atom is -0.444 e. The van der Waals surface area contributed by atoms with Crippen LogP contribution in [0.25, 0.3) is 33.4 Å². The van der Waals surface area contributed by atoms with E-state index in [1.165, 1.54) is 17.0 Å². The number of aromatic nitrogens is 5. The Balaban J connectivity index is 1.10. The second-order valence-electron chi connectivity index (χ2n) is 13.9. The molecule has 3 aromatic heterocycles. The number of hydrogen-bond donors (Lipinski definition) is 2. The molecule has 0 bridgehead atoms. The van der Waals surface area contributed by atoms with Gasteiger partial charge in [-0.05, 0) is 64.7 Å². The third kappa shape index (κ3) is 7.42. The number of nitrogens with zero attached hydrogens (tertiary/aromatic N) is 6. The first-order valence-electron chi connectivity index (χ1n) is 16.3. The number of fused-ring (bicyclic) bond motifs is 1. The number of benzene rings is 2. The normalized spacial score (nSPS) is 15.1. The smallest absolute Gasteiger partial charge is 0.407 e. The molecule has 0 radical (unpaired) electrons. The van der Waals surface area contributed by atoms with Crippen molar-refractivity contribution in [3.63, 3.8) is 0 Å². The monoisotopic (exact) mass is 671 g/mol. The number of ether oxygens (including phenoxy) is 1. The maximum Gasteiger partial charge on any atom is 0.407 e. The van der Waals surface area contributed by atoms with Crippen LogP contribution in [0.2, 0.25) is 0 Å². The lowest BCUT2D eigenvalue weighted by Gasteiger charge is -2.38. The average Bonchev–Trinajstić information content (AvgIpc) is 3.56. The van der Waals surface area contributed by atoms with Crippen molar-refractivity contribution in [3.05, 3.63) is 87.5 Å². The summed E-state index contributed by atoms with van der Waals surface area (Å²) in [5, 5.41) is 22.7. The summed E-state index contributed by atoms with van der Waals surface area (Å²) in [6.07, 6.45) is 1.81. The van der Waals surface area contributed by atoms with Crippen LogP contribution in [-0.2, 0) is 31.4 Å². The fraction of sp³-hybridized carbons (Fsp3) is 0.417. The van der Waals surface area contributed by atoms with E-state index in [4.69, 9.17) is 9.26 Å². The molecule has 1 saturated heterocycles. The summed E-state index contributed by atoms with van der Waals surface area (Å²) in [5.74, 6) is 0.347. The van der Waals surface area contributed by atoms with Gasteiger partial charge in [0.2, 0.25) is 0 Å². The topological polar surface area (TPSA) is 141 Å². The highest BCUT2D eigenvalue weighted by Crippen LogP contribution is 2.31. The van der Waals surface area contributed by atoms with Crippen molar-refractivity contribution in [2.75, 3.05) is 13.1 Å². The van der Waals surface area contributed by atoms with Crippen LogP contribution in [0.5, 0.6) is 0 Å². The third-order valence-electron chi connectivity index (χ3n) is 8.90. The number of halogens is 1. The maximum atomic E-state index is 15.1. The number of alkyl carbamates (subject to hydrolysis) is 1. The molecule has 1 aliphatic heterocycles. The molecule has 258 valence electrons. The Bertz CT molecular complexity index is 2030. The minimum atomic E-state index is -1.12. The Hall–Kier alpha value is -4.88. The Kier molecular flexibility index (Phi) is 9.16. The van der Waals surface area contributed by atoms with Crippen LogP contribution in [0, 0.1) is 19.7 Å². The van der Waals surface area contributed by atoms with Gasteiger partial charge in [-0.3, -0.25) is 18.9 Å². The quantitative estimate of drug-likeness (QED) is 0.226. The molecule has 1 aliphatic rings. The van der Waals surface area contributed by atoms with Gasteiger partial charge in [-0.25, -0.2) is 14.2 Å². The van der Waals surface area contributed by atoms with Crippen molar-refractivity contribution >= 4 is 17.1 Å². The molecule has 0 atom stereocenters. The zero-order valence-corrected chi connectivity index (χ0v) is 28.7. The number of carbonyl (C=O) groups is 1. The fourth-order valence-electron chi connectivity index (χ4n) is 6.37. The first-order chi connectivity index (χ1) is 23.2. The van der Waals surface area contributed by atoms with Gasteiger partial charge in [0.25, 0.3) is 5.56 Å². The molecular formula is C36H42FN7O5. The van der Waals surface area contributed by atoms with E-state index >= 15 is 4.39 Å². The molecule has 2 N–H and O–H groups in total. The third-order valence-corrected chi connectivity index (χ3v) is 8.90. The lowest BCUT2D eigenvalue weighted by atomic mass is 9.91. The van der Waals surface area contributed by atoms with E-state index in [0.717, 1.165) is 27.9 Å². The van der Waals surface area contributed by atoms with Crippen molar-refractivity contribution in [3.8, 4) is 22.4 Å². The fourth-order valence-corrected chi connectivity index (χ4v) is 6.37. The molecule has 0 aliphatic carbocycles. The standard InChI is InChI=1S/C36H42FN7O5/c1-22-29(23(2)49-41-22)26-11-12-27(28(37)17-26)19-43-15-13-36(47,14-16-43)20-44-21-39-30-31(33(44)45)40-42(6)32(30)25-9-7-24(8-10-25)18-38-34(46)48-35(3,4)5/h7-12,17,21,47H,13-16,18-20H2,1-6H3,(H,38,46). The Morgan fingerprint density at radius 1 is 1.08 bits per heavy atom. The lowest BCUT2D eigenvalue weighted by Crippen LogP contribution is -2.47. The molecule has 5 aromatic rings. The highest BCUT2D eigenvalue weighted by atomic mass is 19.1. The van der Waals surface area contributed by atoms with Crippen molar-refractivity contribution in [2.45, 2.75) is 78.3 Å². The van der Waals surface area contributed by atoms with Gasteiger partial charge in [0.15, 0.2) is 5.52 Å². The minimum absolute atomic E-state index is 0.0777. The number of carbonyl (C=O) groups excluding carboxylic acids is 1. The van der Waals surface area contributed by atoms with Crippen molar-refractivity contribution in [1.82, 2.24) is 34.7 Å². The van der Waals surface area contributed by atoms with Gasteiger partial charge in [0, 0.05) is 49.9 Å². The number of piperidine rings is 1. The first kappa shape index (κ1) is 34.0. The number of amides is 1. The van der Waals surface area contributed by atoms with Crippen molar-refractivity contribution in [2.24, 2.45) is 7.05 Å². The largest absolute Gasteiger partial charge is 0.444 e. The number of aryl methyl sites for hydroxylation is 3. The Morgan fingerprint density at radius 2 is 1.78 bits per heavy atom. The Morgan fingerprint density at radius 3 is 2.41 bits per heavy atom. The van der Waals surface area contributed by atoms with Gasteiger partial charge in [0.1, 0.15) is 22.7 Å². The van der Waals surface area contributed by atoms with E-state index in [-0.39, 0.29) is 23.4 Å². The van der Waals surface area contributed by atoms with Gasteiger partial charge in [-0.1, -0.05) is 41.6 Å². The molecule has 6 rings (SSSR count). The van der Waals surface area contributed by atoms with Gasteiger partial charge in [-0.15, -0.1) is 0 Å². The van der Waals surface area contributed by atoms with Gasteiger partial charge >= 0.3 is 6.09 Å². The number of rotatable bonds is 8. The molecule has 0 spiro atoms. The van der Waals surface area contributed by atoms with Crippen LogP contribution in [0.15, 0.2) is 58.1 Å². The first-order valence-corrected chi connectivity index (χ1v) is 16.3. The molecule has 49 heavy (non-hydrogen) atoms. The van der Waals surface area contributed by atoms with E-state index in [1.807, 2.05) is 65.0 Å². The SMILES string of the molecule is Cc1noc(C)c1-c1ccc(CN2CCC(O)(Cn3cnc4c(-c5ccc(CNC(=O)OC(C)(C)C)cc5)n(C)nc4c3=O)CC2)c(F)c1. The summed E-state index contributed by atoms with van der Waals surface area (Å²) in [5.41, 5.74) is 3.85. The van der Waals surface area contributed by atoms with Gasteiger partial charge < -0.3 is 19.7 Å². The zero-order chi connectivity index (χ0) is 35.1. The lowest BCUT2D eigenvalue weighted by molar-refractivity contribution is -0.0366. The van der Waals surface area contributed by atoms with Gasteiger partial charge in [0.05, 0.1) is 29.9 Å². The molecular weight excluding hydrogens is 629 g/mol. The van der Waals surface area contributed by atoms with E-state index in [9.17, 15) is 14.7 Å². The van der Waals surface area contributed by atoms with Crippen LogP contribution in [0.3, 0.4) is 0 Å². The summed E-state index contributed by atoms with van der Waals surface area (Å²) in [4.78, 5) is 32.3. The molecule has 0 unspecified atom stereocenters. The summed E-state index contributed by atoms with van der Waals surface area (Å²) in [7, 11) is 1.76. The highest BCUT2D eigenvalue weighted by molar-refractivity contribution is 5.89. The number of nitrogens with one attached hydrogen (secondary N) is 1. The van der Waals surface area contributed by atoms with Gasteiger partial charge in [-0.2, -0.15) is 5.10 Å². The number of aliphatic hydroxyl groups is 1. The van der Waals surface area contributed by atoms with Crippen molar-refractivity contribution < 1.29 is 23.6 Å². The molecule has 1 amide bonds. The average molecular weight is 672 g/mol. The van der Waals surface area contributed by atoms with Crippen LogP contribution >= 0.6 is 0 Å². The molecule has 4 heterocycles. The van der Waals surface area contributed by atoms with E-state index < -0.39 is 17.3 Å². The van der Waals surface area contributed by atoms with E-state index in [2.05, 4.69) is 25.5 Å². The molecule has 12 nitrogen and oxygen atoms in total. The van der Waals surface area contributed by atoms with Crippen LogP contribution in [0.4, 0.5) is 9.18 Å². The summed E-state index contributed by atoms with van der Waals surface area (Å²) in [6, 6.07) is 12.7. The second-order valence-corrected chi connectivity index (χ2v) is 13.9. The molecule has 13 heteroatoms. The van der Waals surface area contributed by atoms with Crippen LogP contribution < -0.4 is 10.9 Å². The molecule has 0 saturated carbocycles. The molecule has 2 aromatic carbocycles. The predicted octanol–water partition coefficient (Wildman–Crippen LogP) is 5.26. The predicted molar refractivity (Wildman–Crippen MR) is 182 cm³/mol. The second kappa shape index (κ2) is 13.2. The van der Waals surface area contributed by atoms with E-state index in [1.54, 1.807) is 17.8 Å². The van der Waals surface area contributed by atoms with Crippen LogP contribution in [-0.4, -0.2) is 64.9 Å². The van der Waals surface area contributed by atoms with E-state index in [0.29, 0.717) is 61.6 Å². The number of hydrogen-bond acceptors (Lipinski definition) is 9. The highest BCUT2D eigenvalue weighted by Gasteiger charge is 2.34. The zero-order valence-electron chi connectivity index (χ0n) is 28.7. The summed E-state index contributed by atoms with van der Waals surface area (Å²) in [6.45, 7) is 11.0. The Labute approximate surface area is 283 Å². The number of likely N-dealkylation sites (tertiary alicyclic amines) is 1. The maximum absolute atomic E-state index is 15.1. The summed E-state index contributed by atoms with van der Waals surface area (Å²) >= 11 is 0. The van der Waals surface area contributed by atoms with Crippen molar-refractivity contribution in [1.29, 1.82) is 0 Å². The van der Waals surface area contributed by atoms with Crippen LogP contribution in [0.1, 0.15) is 56.2 Å². The summed E-state index contributed by atoms with van der Waals surface area (Å²) < 4.78 is 28.7.